The topological polar surface area (TPSA) is 216 Å². The standard InChI is InChI=1S/C24H32N4O9/c25-15(13-14-5-2-1-3-6-14)23(35)28-12-4-7-18(28)22(34)26-16(8-10-19(29)30)21(33)27-17(24(36)37)9-11-20(31)32/h1-3,5-6,15-18H,4,7-13,25H2,(H,26,34)(H,27,33)(H,29,30)(H,31,32)(H,36,37). The first-order valence-corrected chi connectivity index (χ1v) is 11.9. The van der Waals surface area contributed by atoms with Crippen molar-refractivity contribution in [3.05, 3.63) is 35.9 Å². The van der Waals surface area contributed by atoms with Gasteiger partial charge in [0.25, 0.3) is 0 Å². The number of amides is 3. The van der Waals surface area contributed by atoms with Crippen molar-refractivity contribution in [2.24, 2.45) is 5.73 Å². The second kappa shape index (κ2) is 13.9. The monoisotopic (exact) mass is 520 g/mol. The van der Waals surface area contributed by atoms with E-state index < -0.39 is 79.1 Å². The Kier molecular flexibility index (Phi) is 11.0. The van der Waals surface area contributed by atoms with Gasteiger partial charge in [0, 0.05) is 19.4 Å². The lowest BCUT2D eigenvalue weighted by molar-refractivity contribution is -0.144. The van der Waals surface area contributed by atoms with E-state index >= 15 is 0 Å². The molecule has 1 heterocycles. The minimum atomic E-state index is -1.55. The van der Waals surface area contributed by atoms with Crippen LogP contribution in [0.1, 0.15) is 44.1 Å². The van der Waals surface area contributed by atoms with Gasteiger partial charge in [-0.15, -0.1) is 0 Å². The number of carbonyl (C=O) groups excluding carboxylic acids is 3. The minimum Gasteiger partial charge on any atom is -0.481 e. The lowest BCUT2D eigenvalue weighted by Crippen LogP contribution is -2.56. The third kappa shape index (κ3) is 9.18. The molecule has 37 heavy (non-hydrogen) atoms. The summed E-state index contributed by atoms with van der Waals surface area (Å²) in [4.78, 5) is 73.5. The van der Waals surface area contributed by atoms with Gasteiger partial charge in [-0.05, 0) is 37.7 Å². The van der Waals surface area contributed by atoms with E-state index in [0.29, 0.717) is 12.8 Å². The highest BCUT2D eigenvalue weighted by molar-refractivity contribution is 5.94. The predicted molar refractivity (Wildman–Crippen MR) is 128 cm³/mol. The Balaban J connectivity index is 2.09. The van der Waals surface area contributed by atoms with Gasteiger partial charge in [-0.25, -0.2) is 4.79 Å². The lowest BCUT2D eigenvalue weighted by Gasteiger charge is -2.28. The molecule has 202 valence electrons. The fourth-order valence-electron chi connectivity index (χ4n) is 4.07. The second-order valence-electron chi connectivity index (χ2n) is 8.81. The van der Waals surface area contributed by atoms with Crippen LogP contribution in [0.15, 0.2) is 30.3 Å². The molecular weight excluding hydrogens is 488 g/mol. The summed E-state index contributed by atoms with van der Waals surface area (Å²) in [7, 11) is 0. The van der Waals surface area contributed by atoms with Crippen molar-refractivity contribution in [3.8, 4) is 0 Å². The summed E-state index contributed by atoms with van der Waals surface area (Å²) in [5, 5.41) is 31.7. The van der Waals surface area contributed by atoms with Crippen LogP contribution in [0.25, 0.3) is 0 Å². The maximum atomic E-state index is 13.1. The number of carboxylic acids is 3. The average molecular weight is 521 g/mol. The summed E-state index contributed by atoms with van der Waals surface area (Å²) in [5.74, 6) is -6.07. The zero-order valence-corrected chi connectivity index (χ0v) is 20.2. The van der Waals surface area contributed by atoms with Crippen LogP contribution >= 0.6 is 0 Å². The molecule has 1 aliphatic rings. The van der Waals surface area contributed by atoms with Crippen molar-refractivity contribution >= 4 is 35.6 Å². The molecular formula is C24H32N4O9. The number of hydrogen-bond donors (Lipinski definition) is 6. The van der Waals surface area contributed by atoms with Crippen LogP contribution in [0.4, 0.5) is 0 Å². The summed E-state index contributed by atoms with van der Waals surface area (Å²) >= 11 is 0. The molecule has 0 aliphatic carbocycles. The number of nitrogens with two attached hydrogens (primary N) is 1. The number of nitrogens with one attached hydrogen (secondary N) is 2. The highest BCUT2D eigenvalue weighted by Crippen LogP contribution is 2.20. The molecule has 0 spiro atoms. The third-order valence-electron chi connectivity index (χ3n) is 6.00. The van der Waals surface area contributed by atoms with Gasteiger partial charge in [0.15, 0.2) is 0 Å². The van der Waals surface area contributed by atoms with Gasteiger partial charge >= 0.3 is 17.9 Å². The number of likely N-dealkylation sites (tertiary alicyclic amines) is 1. The molecule has 1 fully saturated rings. The molecule has 1 aliphatic heterocycles. The van der Waals surface area contributed by atoms with E-state index in [4.69, 9.17) is 15.9 Å². The van der Waals surface area contributed by atoms with Crippen LogP contribution in [0.2, 0.25) is 0 Å². The van der Waals surface area contributed by atoms with Crippen molar-refractivity contribution in [2.45, 2.75) is 69.1 Å². The van der Waals surface area contributed by atoms with Crippen LogP contribution in [-0.4, -0.2) is 86.6 Å². The summed E-state index contributed by atoms with van der Waals surface area (Å²) in [6.45, 7) is 0.279. The van der Waals surface area contributed by atoms with E-state index in [1.165, 1.54) is 4.90 Å². The zero-order valence-electron chi connectivity index (χ0n) is 20.2. The highest BCUT2D eigenvalue weighted by Gasteiger charge is 2.38. The average Bonchev–Trinajstić information content (AvgIpc) is 3.33. The van der Waals surface area contributed by atoms with Crippen molar-refractivity contribution in [1.82, 2.24) is 15.5 Å². The van der Waals surface area contributed by atoms with Gasteiger partial charge < -0.3 is 36.6 Å². The Morgan fingerprint density at radius 1 is 0.919 bits per heavy atom. The predicted octanol–water partition coefficient (Wildman–Crippen LogP) is -0.669. The normalized spacial score (nSPS) is 17.3. The summed E-state index contributed by atoms with van der Waals surface area (Å²) in [6, 6.07) is 4.33. The van der Waals surface area contributed by atoms with Crippen LogP contribution in [0.5, 0.6) is 0 Å². The van der Waals surface area contributed by atoms with E-state index in [9.17, 15) is 33.9 Å². The first kappa shape index (κ1) is 29.2. The SMILES string of the molecule is NC(Cc1ccccc1)C(=O)N1CCCC1C(=O)NC(CCC(=O)O)C(=O)NC(CCC(=O)O)C(=O)O. The molecule has 1 saturated heterocycles. The van der Waals surface area contributed by atoms with Crippen molar-refractivity contribution in [1.29, 1.82) is 0 Å². The highest BCUT2D eigenvalue weighted by atomic mass is 16.4. The molecule has 2 rings (SSSR count). The van der Waals surface area contributed by atoms with Crippen LogP contribution in [0, 0.1) is 0 Å². The number of rotatable bonds is 14. The number of aliphatic carboxylic acids is 3. The smallest absolute Gasteiger partial charge is 0.326 e. The Bertz CT molecular complexity index is 1000. The van der Waals surface area contributed by atoms with E-state index in [1.54, 1.807) is 0 Å². The molecule has 1 aromatic carbocycles. The summed E-state index contributed by atoms with van der Waals surface area (Å²) in [5.41, 5.74) is 6.96. The number of carboxylic acid groups (broad SMARTS) is 3. The maximum Gasteiger partial charge on any atom is 0.326 e. The van der Waals surface area contributed by atoms with E-state index in [2.05, 4.69) is 10.6 Å². The van der Waals surface area contributed by atoms with Gasteiger partial charge in [0.1, 0.15) is 18.1 Å². The number of benzene rings is 1. The molecule has 4 atom stereocenters. The van der Waals surface area contributed by atoms with Crippen molar-refractivity contribution in [2.75, 3.05) is 6.54 Å². The van der Waals surface area contributed by atoms with Gasteiger partial charge in [0.2, 0.25) is 17.7 Å². The van der Waals surface area contributed by atoms with Crippen LogP contribution in [0.3, 0.4) is 0 Å². The molecule has 3 amide bonds. The first-order valence-electron chi connectivity index (χ1n) is 11.9. The Labute approximate surface area is 213 Å². The fourth-order valence-corrected chi connectivity index (χ4v) is 4.07. The fraction of sp³-hybridized carbons (Fsp3) is 0.500. The van der Waals surface area contributed by atoms with Gasteiger partial charge in [-0.2, -0.15) is 0 Å². The van der Waals surface area contributed by atoms with E-state index in [1.807, 2.05) is 30.3 Å². The summed E-state index contributed by atoms with van der Waals surface area (Å²) < 4.78 is 0. The first-order chi connectivity index (χ1) is 17.5. The molecule has 13 heteroatoms. The molecule has 0 saturated carbocycles. The molecule has 1 aromatic rings. The van der Waals surface area contributed by atoms with Crippen molar-refractivity contribution < 1.29 is 44.1 Å². The summed E-state index contributed by atoms with van der Waals surface area (Å²) in [6.07, 6.45) is -0.677. The minimum absolute atomic E-state index is 0.265. The third-order valence-corrected chi connectivity index (χ3v) is 6.00. The number of carbonyl (C=O) groups is 6. The van der Waals surface area contributed by atoms with E-state index in [-0.39, 0.29) is 19.4 Å². The largest absolute Gasteiger partial charge is 0.481 e. The Morgan fingerprint density at radius 2 is 1.51 bits per heavy atom. The molecule has 4 unspecified atom stereocenters. The molecule has 0 aromatic heterocycles. The Hall–Kier alpha value is -4.00. The van der Waals surface area contributed by atoms with Gasteiger partial charge in [-0.3, -0.25) is 24.0 Å². The van der Waals surface area contributed by atoms with Gasteiger partial charge in [-0.1, -0.05) is 30.3 Å². The zero-order chi connectivity index (χ0) is 27.5. The Morgan fingerprint density at radius 3 is 2.08 bits per heavy atom. The second-order valence-corrected chi connectivity index (χ2v) is 8.81. The number of hydrogen-bond acceptors (Lipinski definition) is 7. The van der Waals surface area contributed by atoms with Gasteiger partial charge in [0.05, 0.1) is 6.04 Å². The number of nitrogens with zero attached hydrogens (tertiary/aromatic N) is 1. The quantitative estimate of drug-likeness (QED) is 0.182. The molecule has 13 nitrogen and oxygen atoms in total. The molecule has 7 N–H and O–H groups in total. The molecule has 0 bridgehead atoms. The van der Waals surface area contributed by atoms with E-state index in [0.717, 1.165) is 5.56 Å². The molecule has 0 radical (unpaired) electrons. The van der Waals surface area contributed by atoms with Crippen LogP contribution in [-0.2, 0) is 35.2 Å². The van der Waals surface area contributed by atoms with Crippen molar-refractivity contribution in [3.63, 3.8) is 0 Å². The lowest BCUT2D eigenvalue weighted by atomic mass is 10.0. The van der Waals surface area contributed by atoms with Crippen LogP contribution < -0.4 is 16.4 Å². The maximum absolute atomic E-state index is 13.1.